The van der Waals surface area contributed by atoms with E-state index in [0.29, 0.717) is 16.7 Å². The molecule has 2 aromatic rings. The van der Waals surface area contributed by atoms with Gasteiger partial charge in [-0.25, -0.2) is 0 Å². The van der Waals surface area contributed by atoms with Crippen LogP contribution in [0.3, 0.4) is 0 Å². The van der Waals surface area contributed by atoms with E-state index in [-0.39, 0.29) is 5.69 Å². The van der Waals surface area contributed by atoms with E-state index in [4.69, 9.17) is 4.74 Å². The van der Waals surface area contributed by atoms with Gasteiger partial charge >= 0.3 is 0 Å². The van der Waals surface area contributed by atoms with E-state index >= 15 is 0 Å². The lowest BCUT2D eigenvalue weighted by molar-refractivity contribution is -0.384. The molecule has 0 N–H and O–H groups in total. The highest BCUT2D eigenvalue weighted by Crippen LogP contribution is 2.30. The smallest absolute Gasteiger partial charge is 0.273 e. The molecule has 5 nitrogen and oxygen atoms in total. The van der Waals surface area contributed by atoms with E-state index in [1.807, 2.05) is 0 Å². The molecule has 82 valence electrons. The van der Waals surface area contributed by atoms with Crippen molar-refractivity contribution in [1.82, 2.24) is 4.98 Å². The van der Waals surface area contributed by atoms with Gasteiger partial charge in [0.2, 0.25) is 0 Å². The summed E-state index contributed by atoms with van der Waals surface area (Å²) in [5.74, 6) is 0.400. The number of hydrogen-bond acceptors (Lipinski definition) is 4. The number of pyridine rings is 1. The molecule has 0 spiro atoms. The Bertz CT molecular complexity index is 571. The number of halogens is 1. The Morgan fingerprint density at radius 2 is 2.19 bits per heavy atom. The maximum atomic E-state index is 10.7. The van der Waals surface area contributed by atoms with Gasteiger partial charge in [-0.2, -0.15) is 0 Å². The molecule has 0 unspecified atom stereocenters. The van der Waals surface area contributed by atoms with Crippen molar-refractivity contribution in [2.24, 2.45) is 0 Å². The van der Waals surface area contributed by atoms with Crippen molar-refractivity contribution in [3.63, 3.8) is 0 Å². The van der Waals surface area contributed by atoms with Crippen LogP contribution in [0, 0.1) is 10.1 Å². The summed E-state index contributed by atoms with van der Waals surface area (Å²) in [4.78, 5) is 14.4. The topological polar surface area (TPSA) is 65.3 Å². The number of aromatic nitrogens is 1. The lowest BCUT2D eigenvalue weighted by Crippen LogP contribution is -1.92. The summed E-state index contributed by atoms with van der Waals surface area (Å²) in [7, 11) is 1.46. The Labute approximate surface area is 99.3 Å². The van der Waals surface area contributed by atoms with E-state index in [0.717, 1.165) is 4.47 Å². The Morgan fingerprint density at radius 1 is 1.44 bits per heavy atom. The lowest BCUT2D eigenvalue weighted by atomic mass is 10.2. The van der Waals surface area contributed by atoms with Gasteiger partial charge < -0.3 is 4.74 Å². The standard InChI is InChI=1S/C10H7BrN2O3/c1-16-9-4-8(13(14)15)3-6-2-7(11)5-12-10(6)9/h2-5H,1H3. The average Bonchev–Trinajstić information content (AvgIpc) is 2.26. The summed E-state index contributed by atoms with van der Waals surface area (Å²) in [5.41, 5.74) is 0.598. The van der Waals surface area contributed by atoms with E-state index in [2.05, 4.69) is 20.9 Å². The van der Waals surface area contributed by atoms with E-state index in [9.17, 15) is 10.1 Å². The van der Waals surface area contributed by atoms with Gasteiger partial charge in [-0.05, 0) is 22.0 Å². The average molecular weight is 283 g/mol. The molecule has 1 aromatic heterocycles. The van der Waals surface area contributed by atoms with Gasteiger partial charge in [-0.15, -0.1) is 0 Å². The number of fused-ring (bicyclic) bond motifs is 1. The zero-order valence-corrected chi connectivity index (χ0v) is 9.89. The summed E-state index contributed by atoms with van der Waals surface area (Å²) >= 11 is 3.27. The van der Waals surface area contributed by atoms with E-state index in [1.54, 1.807) is 12.3 Å². The number of non-ortho nitro benzene ring substituents is 1. The van der Waals surface area contributed by atoms with Crippen molar-refractivity contribution in [3.8, 4) is 5.75 Å². The largest absolute Gasteiger partial charge is 0.494 e. The monoisotopic (exact) mass is 282 g/mol. The molecule has 0 radical (unpaired) electrons. The Kier molecular flexibility index (Phi) is 2.74. The predicted octanol–water partition coefficient (Wildman–Crippen LogP) is 2.91. The molecule has 1 heterocycles. The van der Waals surface area contributed by atoms with E-state index in [1.165, 1.54) is 19.2 Å². The van der Waals surface area contributed by atoms with Crippen LogP contribution in [-0.4, -0.2) is 17.0 Å². The zero-order valence-electron chi connectivity index (χ0n) is 8.31. The predicted molar refractivity (Wildman–Crippen MR) is 62.6 cm³/mol. The number of benzene rings is 1. The minimum Gasteiger partial charge on any atom is -0.494 e. The van der Waals surface area contributed by atoms with Crippen LogP contribution in [-0.2, 0) is 0 Å². The fourth-order valence-corrected chi connectivity index (χ4v) is 1.78. The molecule has 0 atom stereocenters. The minimum absolute atomic E-state index is 0.00995. The van der Waals surface area contributed by atoms with Crippen molar-refractivity contribution >= 4 is 32.5 Å². The second-order valence-corrected chi connectivity index (χ2v) is 4.05. The quantitative estimate of drug-likeness (QED) is 0.628. The van der Waals surface area contributed by atoms with Gasteiger partial charge in [0.25, 0.3) is 5.69 Å². The first kappa shape index (κ1) is 10.8. The van der Waals surface area contributed by atoms with Gasteiger partial charge in [-0.3, -0.25) is 15.1 Å². The van der Waals surface area contributed by atoms with Gasteiger partial charge in [-0.1, -0.05) is 0 Å². The summed E-state index contributed by atoms with van der Waals surface area (Å²) in [6.07, 6.45) is 1.62. The molecule has 0 amide bonds. The molecule has 2 rings (SSSR count). The van der Waals surface area contributed by atoms with Crippen LogP contribution < -0.4 is 4.74 Å². The van der Waals surface area contributed by atoms with Crippen LogP contribution in [0.5, 0.6) is 5.75 Å². The fourth-order valence-electron chi connectivity index (χ4n) is 1.44. The minimum atomic E-state index is -0.455. The van der Waals surface area contributed by atoms with Crippen LogP contribution in [0.25, 0.3) is 10.9 Å². The number of rotatable bonds is 2. The fraction of sp³-hybridized carbons (Fsp3) is 0.100. The molecular formula is C10H7BrN2O3. The molecular weight excluding hydrogens is 276 g/mol. The normalized spacial score (nSPS) is 10.4. The number of ether oxygens (including phenoxy) is 1. The van der Waals surface area contributed by atoms with Gasteiger partial charge in [0.05, 0.1) is 18.1 Å². The van der Waals surface area contributed by atoms with Crippen LogP contribution in [0.4, 0.5) is 5.69 Å². The maximum Gasteiger partial charge on any atom is 0.273 e. The molecule has 0 fully saturated rings. The Balaban J connectivity index is 2.78. The molecule has 6 heteroatoms. The molecule has 0 aliphatic carbocycles. The van der Waals surface area contributed by atoms with Crippen molar-refractivity contribution in [2.45, 2.75) is 0 Å². The van der Waals surface area contributed by atoms with Crippen LogP contribution in [0.15, 0.2) is 28.9 Å². The van der Waals surface area contributed by atoms with Gasteiger partial charge in [0.15, 0.2) is 5.75 Å². The summed E-state index contributed by atoms with van der Waals surface area (Å²) in [6, 6.07) is 4.59. The van der Waals surface area contributed by atoms with Crippen molar-refractivity contribution < 1.29 is 9.66 Å². The van der Waals surface area contributed by atoms with Gasteiger partial charge in [0, 0.05) is 22.1 Å². The number of nitrogens with zero attached hydrogens (tertiary/aromatic N) is 2. The first-order chi connectivity index (χ1) is 7.61. The number of methoxy groups -OCH3 is 1. The molecule has 0 saturated carbocycles. The third-order valence-corrected chi connectivity index (χ3v) is 2.56. The van der Waals surface area contributed by atoms with Crippen molar-refractivity contribution in [3.05, 3.63) is 39.0 Å². The van der Waals surface area contributed by atoms with Crippen LogP contribution in [0.2, 0.25) is 0 Å². The maximum absolute atomic E-state index is 10.7. The number of nitro benzene ring substituents is 1. The summed E-state index contributed by atoms with van der Waals surface area (Å²) < 4.78 is 5.84. The molecule has 0 aliphatic heterocycles. The van der Waals surface area contributed by atoms with Gasteiger partial charge in [0.1, 0.15) is 5.52 Å². The molecule has 16 heavy (non-hydrogen) atoms. The summed E-state index contributed by atoms with van der Waals surface area (Å²) in [6.45, 7) is 0. The number of hydrogen-bond donors (Lipinski definition) is 0. The highest BCUT2D eigenvalue weighted by molar-refractivity contribution is 9.10. The Hall–Kier alpha value is -1.69. The third kappa shape index (κ3) is 1.83. The second-order valence-electron chi connectivity index (χ2n) is 3.13. The molecule has 0 aliphatic rings. The number of nitro groups is 1. The second kappa shape index (κ2) is 4.05. The van der Waals surface area contributed by atoms with Crippen molar-refractivity contribution in [1.29, 1.82) is 0 Å². The molecule has 0 bridgehead atoms. The Morgan fingerprint density at radius 3 is 2.81 bits per heavy atom. The highest BCUT2D eigenvalue weighted by atomic mass is 79.9. The SMILES string of the molecule is COc1cc([N+](=O)[O-])cc2cc(Br)cnc12. The highest BCUT2D eigenvalue weighted by Gasteiger charge is 2.12. The van der Waals surface area contributed by atoms with Crippen LogP contribution >= 0.6 is 15.9 Å². The third-order valence-electron chi connectivity index (χ3n) is 2.13. The van der Waals surface area contributed by atoms with Crippen LogP contribution in [0.1, 0.15) is 0 Å². The zero-order chi connectivity index (χ0) is 11.7. The molecule has 1 aromatic carbocycles. The lowest BCUT2D eigenvalue weighted by Gasteiger charge is -2.04. The first-order valence-corrected chi connectivity index (χ1v) is 5.19. The van der Waals surface area contributed by atoms with Crippen molar-refractivity contribution in [2.75, 3.05) is 7.11 Å². The van der Waals surface area contributed by atoms with E-state index < -0.39 is 4.92 Å². The first-order valence-electron chi connectivity index (χ1n) is 4.39. The molecule has 0 saturated heterocycles. The summed E-state index contributed by atoms with van der Waals surface area (Å²) in [5, 5.41) is 11.4.